The van der Waals surface area contributed by atoms with E-state index >= 15 is 0 Å². The Morgan fingerprint density at radius 2 is 2.11 bits per heavy atom. The quantitative estimate of drug-likeness (QED) is 0.898. The van der Waals surface area contributed by atoms with Crippen LogP contribution < -0.4 is 5.73 Å². The van der Waals surface area contributed by atoms with E-state index in [9.17, 15) is 0 Å². The van der Waals surface area contributed by atoms with Crippen LogP contribution in [0.1, 0.15) is 31.7 Å². The average molecular weight is 325 g/mol. The first-order valence-electron chi connectivity index (χ1n) is 7.37. The second-order valence-corrected chi connectivity index (χ2v) is 6.68. The molecule has 106 valence electrons. The molecule has 0 radical (unpaired) electrons. The van der Waals surface area contributed by atoms with E-state index in [1.54, 1.807) is 0 Å². The number of piperidine rings is 1. The van der Waals surface area contributed by atoms with Gasteiger partial charge in [-0.1, -0.05) is 28.1 Å². The van der Waals surface area contributed by atoms with Gasteiger partial charge in [0.15, 0.2) is 0 Å². The van der Waals surface area contributed by atoms with E-state index in [2.05, 4.69) is 52.0 Å². The SMILES string of the molecule is CC(Cc1ccc(Br)cc1)N1CCCC(CCN)C1. The van der Waals surface area contributed by atoms with Crippen LogP contribution in [0.15, 0.2) is 28.7 Å². The van der Waals surface area contributed by atoms with Crippen molar-refractivity contribution in [3.05, 3.63) is 34.3 Å². The number of nitrogens with zero attached hydrogens (tertiary/aromatic N) is 1. The molecule has 0 bridgehead atoms. The van der Waals surface area contributed by atoms with Gasteiger partial charge in [0, 0.05) is 17.1 Å². The molecule has 2 atom stereocenters. The second-order valence-electron chi connectivity index (χ2n) is 5.76. The van der Waals surface area contributed by atoms with Gasteiger partial charge in [-0.15, -0.1) is 0 Å². The zero-order valence-corrected chi connectivity index (χ0v) is 13.4. The van der Waals surface area contributed by atoms with E-state index < -0.39 is 0 Å². The standard InChI is InChI=1S/C16H25BrN2/c1-13(11-14-4-6-16(17)7-5-14)19-10-2-3-15(12-19)8-9-18/h4-7,13,15H,2-3,8-12,18H2,1H3. The molecule has 19 heavy (non-hydrogen) atoms. The van der Waals surface area contributed by atoms with Crippen molar-refractivity contribution in [1.82, 2.24) is 4.90 Å². The van der Waals surface area contributed by atoms with Crippen molar-refractivity contribution in [3.63, 3.8) is 0 Å². The summed E-state index contributed by atoms with van der Waals surface area (Å²) in [6.45, 7) is 5.67. The molecule has 0 amide bonds. The summed E-state index contributed by atoms with van der Waals surface area (Å²) in [4.78, 5) is 2.64. The Balaban J connectivity index is 1.88. The minimum absolute atomic E-state index is 0.627. The van der Waals surface area contributed by atoms with Gasteiger partial charge in [-0.05, 0) is 69.3 Å². The van der Waals surface area contributed by atoms with Gasteiger partial charge in [0.1, 0.15) is 0 Å². The first-order valence-corrected chi connectivity index (χ1v) is 8.17. The molecule has 1 saturated heterocycles. The summed E-state index contributed by atoms with van der Waals surface area (Å²) < 4.78 is 1.16. The molecule has 2 nitrogen and oxygen atoms in total. The highest BCUT2D eigenvalue weighted by Gasteiger charge is 2.22. The fraction of sp³-hybridized carbons (Fsp3) is 0.625. The molecule has 0 spiro atoms. The topological polar surface area (TPSA) is 29.3 Å². The number of hydrogen-bond donors (Lipinski definition) is 1. The van der Waals surface area contributed by atoms with Crippen LogP contribution in [0.2, 0.25) is 0 Å². The van der Waals surface area contributed by atoms with Crippen LogP contribution in [0.3, 0.4) is 0 Å². The van der Waals surface area contributed by atoms with E-state index in [0.29, 0.717) is 6.04 Å². The molecule has 0 aliphatic carbocycles. The molecule has 1 aliphatic heterocycles. The summed E-state index contributed by atoms with van der Waals surface area (Å²) in [5.41, 5.74) is 7.12. The Labute approximate surface area is 125 Å². The zero-order valence-electron chi connectivity index (χ0n) is 11.8. The van der Waals surface area contributed by atoms with Crippen molar-refractivity contribution in [2.45, 2.75) is 38.6 Å². The summed E-state index contributed by atoms with van der Waals surface area (Å²) in [6, 6.07) is 9.34. The molecule has 0 aromatic heterocycles. The molecule has 2 N–H and O–H groups in total. The zero-order chi connectivity index (χ0) is 13.7. The van der Waals surface area contributed by atoms with Crippen LogP contribution in [0.25, 0.3) is 0 Å². The molecule has 1 aromatic carbocycles. The third-order valence-electron chi connectivity index (χ3n) is 4.19. The lowest BCUT2D eigenvalue weighted by atomic mass is 9.93. The van der Waals surface area contributed by atoms with E-state index in [4.69, 9.17) is 5.73 Å². The summed E-state index contributed by atoms with van der Waals surface area (Å²) in [7, 11) is 0. The Morgan fingerprint density at radius 3 is 2.79 bits per heavy atom. The molecule has 1 fully saturated rings. The van der Waals surface area contributed by atoms with Gasteiger partial charge in [0.2, 0.25) is 0 Å². The highest BCUT2D eigenvalue weighted by molar-refractivity contribution is 9.10. The van der Waals surface area contributed by atoms with Crippen molar-refractivity contribution in [2.75, 3.05) is 19.6 Å². The van der Waals surface area contributed by atoms with Gasteiger partial charge in [-0.2, -0.15) is 0 Å². The molecule has 1 heterocycles. The number of hydrogen-bond acceptors (Lipinski definition) is 2. The van der Waals surface area contributed by atoms with Gasteiger partial charge in [0.05, 0.1) is 0 Å². The average Bonchev–Trinajstić information content (AvgIpc) is 2.42. The van der Waals surface area contributed by atoms with Crippen molar-refractivity contribution in [3.8, 4) is 0 Å². The molecule has 2 unspecified atom stereocenters. The first kappa shape index (κ1) is 15.0. The number of benzene rings is 1. The predicted octanol–water partition coefficient (Wildman–Crippen LogP) is 3.44. The third kappa shape index (κ3) is 4.59. The van der Waals surface area contributed by atoms with Gasteiger partial charge >= 0.3 is 0 Å². The highest BCUT2D eigenvalue weighted by Crippen LogP contribution is 2.22. The second kappa shape index (κ2) is 7.41. The lowest BCUT2D eigenvalue weighted by molar-refractivity contribution is 0.127. The van der Waals surface area contributed by atoms with Gasteiger partial charge in [0.25, 0.3) is 0 Å². The number of likely N-dealkylation sites (tertiary alicyclic amines) is 1. The lowest BCUT2D eigenvalue weighted by Crippen LogP contribution is -2.42. The minimum atomic E-state index is 0.627. The largest absolute Gasteiger partial charge is 0.330 e. The molecule has 3 heteroatoms. The van der Waals surface area contributed by atoms with Crippen LogP contribution in [0.5, 0.6) is 0 Å². The van der Waals surface area contributed by atoms with Crippen LogP contribution >= 0.6 is 15.9 Å². The number of nitrogens with two attached hydrogens (primary N) is 1. The Morgan fingerprint density at radius 1 is 1.37 bits per heavy atom. The van der Waals surface area contributed by atoms with Crippen LogP contribution in [-0.4, -0.2) is 30.6 Å². The Bertz CT molecular complexity index is 375. The normalized spacial score (nSPS) is 22.4. The molecule has 2 rings (SSSR count). The van der Waals surface area contributed by atoms with Gasteiger partial charge in [-0.3, -0.25) is 0 Å². The van der Waals surface area contributed by atoms with Crippen molar-refractivity contribution in [2.24, 2.45) is 11.7 Å². The molecular formula is C16H25BrN2. The third-order valence-corrected chi connectivity index (χ3v) is 4.72. The maximum Gasteiger partial charge on any atom is 0.0175 e. The van der Waals surface area contributed by atoms with Gasteiger partial charge < -0.3 is 10.6 Å². The summed E-state index contributed by atoms with van der Waals surface area (Å²) in [5.74, 6) is 0.811. The predicted molar refractivity (Wildman–Crippen MR) is 85.3 cm³/mol. The van der Waals surface area contributed by atoms with Gasteiger partial charge in [-0.25, -0.2) is 0 Å². The van der Waals surface area contributed by atoms with Crippen LogP contribution in [0.4, 0.5) is 0 Å². The van der Waals surface area contributed by atoms with E-state index in [-0.39, 0.29) is 0 Å². The van der Waals surface area contributed by atoms with E-state index in [1.165, 1.54) is 37.9 Å². The van der Waals surface area contributed by atoms with Crippen molar-refractivity contribution < 1.29 is 0 Å². The molecular weight excluding hydrogens is 300 g/mol. The number of rotatable bonds is 5. The van der Waals surface area contributed by atoms with Crippen LogP contribution in [-0.2, 0) is 6.42 Å². The summed E-state index contributed by atoms with van der Waals surface area (Å²) in [6.07, 6.45) is 5.01. The smallest absolute Gasteiger partial charge is 0.0175 e. The van der Waals surface area contributed by atoms with Crippen molar-refractivity contribution in [1.29, 1.82) is 0 Å². The molecule has 0 saturated carbocycles. The Kier molecular flexibility index (Phi) is 5.86. The van der Waals surface area contributed by atoms with Crippen molar-refractivity contribution >= 4 is 15.9 Å². The molecule has 1 aliphatic rings. The minimum Gasteiger partial charge on any atom is -0.330 e. The van der Waals surface area contributed by atoms with E-state index in [0.717, 1.165) is 23.4 Å². The molecule has 1 aromatic rings. The van der Waals surface area contributed by atoms with E-state index in [1.807, 2.05) is 0 Å². The summed E-state index contributed by atoms with van der Waals surface area (Å²) in [5, 5.41) is 0. The maximum absolute atomic E-state index is 5.70. The number of halogens is 1. The monoisotopic (exact) mass is 324 g/mol. The van der Waals surface area contributed by atoms with Crippen LogP contribution in [0, 0.1) is 5.92 Å². The first-order chi connectivity index (χ1) is 9.19. The fourth-order valence-electron chi connectivity index (χ4n) is 3.06. The fourth-order valence-corrected chi connectivity index (χ4v) is 3.32. The lowest BCUT2D eigenvalue weighted by Gasteiger charge is -2.37. The maximum atomic E-state index is 5.70. The Hall–Kier alpha value is -0.380. The summed E-state index contributed by atoms with van der Waals surface area (Å²) >= 11 is 3.49. The highest BCUT2D eigenvalue weighted by atomic mass is 79.9.